The molecule has 0 aromatic heterocycles. The molecule has 1 saturated heterocycles. The van der Waals surface area contributed by atoms with E-state index < -0.39 is 20.1 Å². The van der Waals surface area contributed by atoms with Gasteiger partial charge in [-0.1, -0.05) is 28.1 Å². The van der Waals surface area contributed by atoms with Crippen molar-refractivity contribution < 1.29 is 24.0 Å². The van der Waals surface area contributed by atoms with E-state index in [0.717, 1.165) is 24.6 Å². The molecule has 0 spiro atoms. The second kappa shape index (κ2) is 10.4. The van der Waals surface area contributed by atoms with Crippen molar-refractivity contribution in [3.8, 4) is 11.5 Å². The molecule has 2 rings (SSSR count). The number of nitro benzene ring substituents is 1. The standard InChI is InChI=1S/C19H22BrIN2O6/c1-13-10-19(21,12-24)22(11-13)18(25)14-8-16(28-2)17(9-15(14)23(26)27)29-7-5-3-4-6-20/h8-9,12H,1,3-7,10-11H2,2H3. The predicted molar refractivity (Wildman–Crippen MR) is 120 cm³/mol. The Hall–Kier alpha value is -1.69. The molecule has 1 aromatic rings. The summed E-state index contributed by atoms with van der Waals surface area (Å²) in [6.45, 7) is 4.38. The summed E-state index contributed by atoms with van der Waals surface area (Å²) < 4.78 is 9.85. The van der Waals surface area contributed by atoms with Gasteiger partial charge in [-0.15, -0.1) is 0 Å². The summed E-state index contributed by atoms with van der Waals surface area (Å²) in [6.07, 6.45) is 3.72. The fraction of sp³-hybridized carbons (Fsp3) is 0.474. The zero-order valence-corrected chi connectivity index (χ0v) is 19.7. The Bertz CT molecular complexity index is 818. The Morgan fingerprint density at radius 2 is 2.14 bits per heavy atom. The minimum atomic E-state index is -1.11. The summed E-state index contributed by atoms with van der Waals surface area (Å²) in [4.78, 5) is 37.0. The first-order valence-corrected chi connectivity index (χ1v) is 11.2. The third-order valence-electron chi connectivity index (χ3n) is 4.50. The van der Waals surface area contributed by atoms with Gasteiger partial charge in [0.05, 0.1) is 24.7 Å². The van der Waals surface area contributed by atoms with Crippen molar-refractivity contribution in [2.75, 3.05) is 25.6 Å². The topological polar surface area (TPSA) is 99.0 Å². The summed E-state index contributed by atoms with van der Waals surface area (Å²) in [5.41, 5.74) is 0.155. The SMILES string of the molecule is C=C1CN(C(=O)c2cc(OC)c(OCCCCCBr)cc2[N+](=O)[O-])C(I)(C=O)C1. The van der Waals surface area contributed by atoms with Crippen molar-refractivity contribution in [2.45, 2.75) is 29.2 Å². The number of amides is 1. The molecular formula is C19H22BrIN2O6. The Morgan fingerprint density at radius 1 is 1.41 bits per heavy atom. The van der Waals surface area contributed by atoms with Gasteiger partial charge in [0.2, 0.25) is 0 Å². The summed E-state index contributed by atoms with van der Waals surface area (Å²) >= 11 is 5.24. The number of methoxy groups -OCH3 is 1. The van der Waals surface area contributed by atoms with Crippen LogP contribution in [0.5, 0.6) is 11.5 Å². The van der Waals surface area contributed by atoms with Crippen molar-refractivity contribution in [3.05, 3.63) is 40.0 Å². The Morgan fingerprint density at radius 3 is 2.72 bits per heavy atom. The predicted octanol–water partition coefficient (Wildman–Crippen LogP) is 4.28. The molecule has 1 atom stereocenters. The molecule has 1 amide bonds. The first-order valence-electron chi connectivity index (χ1n) is 8.96. The van der Waals surface area contributed by atoms with E-state index in [4.69, 9.17) is 9.47 Å². The fourth-order valence-corrected chi connectivity index (χ4v) is 4.37. The molecule has 0 bridgehead atoms. The zero-order valence-electron chi connectivity index (χ0n) is 16.0. The zero-order chi connectivity index (χ0) is 21.6. The number of hydrogen-bond acceptors (Lipinski definition) is 6. The van der Waals surface area contributed by atoms with Gasteiger partial charge in [0.25, 0.3) is 11.6 Å². The molecule has 1 aromatic carbocycles. The molecule has 1 fully saturated rings. The number of carbonyl (C=O) groups is 2. The Labute approximate surface area is 191 Å². The van der Waals surface area contributed by atoms with E-state index in [2.05, 4.69) is 22.5 Å². The van der Waals surface area contributed by atoms with Crippen LogP contribution in [0.25, 0.3) is 0 Å². The first-order chi connectivity index (χ1) is 13.8. The van der Waals surface area contributed by atoms with Gasteiger partial charge < -0.3 is 14.4 Å². The summed E-state index contributed by atoms with van der Waals surface area (Å²) in [5, 5.41) is 12.6. The van der Waals surface area contributed by atoms with E-state index in [1.165, 1.54) is 24.1 Å². The maximum atomic E-state index is 13.1. The van der Waals surface area contributed by atoms with E-state index in [0.29, 0.717) is 24.9 Å². The number of nitro groups is 1. The molecule has 0 aliphatic carbocycles. The minimum Gasteiger partial charge on any atom is -0.493 e. The van der Waals surface area contributed by atoms with Crippen LogP contribution < -0.4 is 9.47 Å². The minimum absolute atomic E-state index is 0.156. The number of likely N-dealkylation sites (tertiary alicyclic amines) is 1. The van der Waals surface area contributed by atoms with Gasteiger partial charge in [-0.3, -0.25) is 19.7 Å². The lowest BCUT2D eigenvalue weighted by molar-refractivity contribution is -0.385. The van der Waals surface area contributed by atoms with E-state index in [1.807, 2.05) is 22.6 Å². The van der Waals surface area contributed by atoms with Gasteiger partial charge in [0.15, 0.2) is 21.3 Å². The second-order valence-electron chi connectivity index (χ2n) is 6.63. The summed E-state index contributed by atoms with van der Waals surface area (Å²) in [6, 6.07) is 2.51. The average molecular weight is 581 g/mol. The van der Waals surface area contributed by atoms with Crippen molar-refractivity contribution >= 4 is 56.4 Å². The maximum absolute atomic E-state index is 13.1. The number of unbranched alkanes of at least 4 members (excludes halogenated alkanes) is 2. The van der Waals surface area contributed by atoms with E-state index in [-0.39, 0.29) is 23.6 Å². The smallest absolute Gasteiger partial charge is 0.286 e. The quantitative estimate of drug-likeness (QED) is 0.0599. The van der Waals surface area contributed by atoms with Gasteiger partial charge in [-0.05, 0) is 41.9 Å². The largest absolute Gasteiger partial charge is 0.493 e. The van der Waals surface area contributed by atoms with Gasteiger partial charge in [-0.25, -0.2) is 0 Å². The molecule has 158 valence electrons. The van der Waals surface area contributed by atoms with Crippen LogP contribution in [0.1, 0.15) is 36.0 Å². The molecule has 0 saturated carbocycles. The number of carbonyl (C=O) groups excluding carboxylic acids is 2. The average Bonchev–Trinajstić information content (AvgIpc) is 3.01. The second-order valence-corrected chi connectivity index (χ2v) is 9.29. The van der Waals surface area contributed by atoms with Crippen molar-refractivity contribution in [1.82, 2.24) is 4.90 Å². The monoisotopic (exact) mass is 580 g/mol. The Balaban J connectivity index is 2.36. The molecule has 8 nitrogen and oxygen atoms in total. The number of hydrogen-bond donors (Lipinski definition) is 0. The lowest BCUT2D eigenvalue weighted by Gasteiger charge is -2.28. The number of benzene rings is 1. The maximum Gasteiger partial charge on any atom is 0.286 e. The lowest BCUT2D eigenvalue weighted by atomic mass is 10.1. The highest BCUT2D eigenvalue weighted by atomic mass is 127. The molecule has 1 unspecified atom stereocenters. The number of ether oxygens (including phenoxy) is 2. The van der Waals surface area contributed by atoms with E-state index >= 15 is 0 Å². The highest BCUT2D eigenvalue weighted by Gasteiger charge is 2.45. The molecular weight excluding hydrogens is 559 g/mol. The van der Waals surface area contributed by atoms with Gasteiger partial charge in [-0.2, -0.15) is 0 Å². The van der Waals surface area contributed by atoms with Crippen LogP contribution in [0, 0.1) is 10.1 Å². The lowest BCUT2D eigenvalue weighted by Crippen LogP contribution is -2.44. The van der Waals surface area contributed by atoms with Crippen LogP contribution in [-0.4, -0.2) is 51.2 Å². The number of aldehydes is 1. The highest BCUT2D eigenvalue weighted by molar-refractivity contribution is 14.1. The molecule has 0 N–H and O–H groups in total. The van der Waals surface area contributed by atoms with Crippen molar-refractivity contribution in [2.24, 2.45) is 0 Å². The van der Waals surface area contributed by atoms with Crippen molar-refractivity contribution in [3.63, 3.8) is 0 Å². The molecule has 10 heteroatoms. The first kappa shape index (κ1) is 23.6. The number of nitrogens with zero attached hydrogens (tertiary/aromatic N) is 2. The van der Waals surface area contributed by atoms with Crippen LogP contribution in [0.2, 0.25) is 0 Å². The van der Waals surface area contributed by atoms with Crippen molar-refractivity contribution in [1.29, 1.82) is 0 Å². The van der Waals surface area contributed by atoms with Crippen LogP contribution in [0.4, 0.5) is 5.69 Å². The normalized spacial score (nSPS) is 18.6. The van der Waals surface area contributed by atoms with Gasteiger partial charge >= 0.3 is 0 Å². The highest BCUT2D eigenvalue weighted by Crippen LogP contribution is 2.41. The van der Waals surface area contributed by atoms with E-state index in [9.17, 15) is 19.7 Å². The van der Waals surface area contributed by atoms with Crippen LogP contribution >= 0.6 is 38.5 Å². The van der Waals surface area contributed by atoms with E-state index in [1.54, 1.807) is 0 Å². The van der Waals surface area contributed by atoms with Crippen LogP contribution in [-0.2, 0) is 4.79 Å². The molecule has 0 radical (unpaired) electrons. The molecule has 1 aliphatic rings. The van der Waals surface area contributed by atoms with Crippen LogP contribution in [0.15, 0.2) is 24.3 Å². The van der Waals surface area contributed by atoms with Gasteiger partial charge in [0.1, 0.15) is 5.56 Å². The third kappa shape index (κ3) is 5.47. The molecule has 1 aliphatic heterocycles. The third-order valence-corrected chi connectivity index (χ3v) is 6.28. The number of rotatable bonds is 10. The molecule has 1 heterocycles. The molecule has 29 heavy (non-hydrogen) atoms. The number of halogens is 2. The summed E-state index contributed by atoms with van der Waals surface area (Å²) in [7, 11) is 1.40. The van der Waals surface area contributed by atoms with Crippen LogP contribution in [0.3, 0.4) is 0 Å². The van der Waals surface area contributed by atoms with Gasteiger partial charge in [0, 0.05) is 24.4 Å². The fourth-order valence-electron chi connectivity index (χ4n) is 3.05. The Kier molecular flexibility index (Phi) is 8.44. The summed E-state index contributed by atoms with van der Waals surface area (Å²) in [5.74, 6) is -0.196. The number of alkyl halides is 2.